The van der Waals surface area contributed by atoms with Crippen LogP contribution in [0.25, 0.3) is 10.8 Å². The van der Waals surface area contributed by atoms with Crippen molar-refractivity contribution < 1.29 is 23.9 Å². The monoisotopic (exact) mass is 432 g/mol. The smallest absolute Gasteiger partial charge is 0.311 e. The third kappa shape index (κ3) is 4.56. The van der Waals surface area contributed by atoms with E-state index in [0.29, 0.717) is 18.0 Å². The van der Waals surface area contributed by atoms with Crippen LogP contribution in [-0.4, -0.2) is 37.5 Å². The van der Waals surface area contributed by atoms with Crippen LogP contribution in [0.15, 0.2) is 66.7 Å². The van der Waals surface area contributed by atoms with Gasteiger partial charge in [0.25, 0.3) is 5.91 Å². The number of fused-ring (bicyclic) bond motifs is 1. The Morgan fingerprint density at radius 3 is 2.62 bits per heavy atom. The third-order valence-electron chi connectivity index (χ3n) is 5.32. The molecule has 1 heterocycles. The summed E-state index contributed by atoms with van der Waals surface area (Å²) < 4.78 is 10.7. The average Bonchev–Trinajstić information content (AvgIpc) is 3.20. The highest BCUT2D eigenvalue weighted by molar-refractivity contribution is 6.06. The lowest BCUT2D eigenvalue weighted by atomic mass is 10.1. The number of hydrogen-bond donors (Lipinski definition) is 1. The predicted octanol–water partition coefficient (Wildman–Crippen LogP) is 3.77. The molecular weight excluding hydrogens is 408 g/mol. The van der Waals surface area contributed by atoms with E-state index in [1.807, 2.05) is 49.4 Å². The molecule has 4 rings (SSSR count). The maximum absolute atomic E-state index is 12.6. The Kier molecular flexibility index (Phi) is 6.35. The van der Waals surface area contributed by atoms with E-state index >= 15 is 0 Å². The lowest BCUT2D eigenvalue weighted by Crippen LogP contribution is -2.28. The number of carbonyl (C=O) groups excluding carboxylic acids is 3. The van der Waals surface area contributed by atoms with Gasteiger partial charge in [0.05, 0.1) is 23.9 Å². The fourth-order valence-electron chi connectivity index (χ4n) is 3.83. The number of amides is 2. The lowest BCUT2D eigenvalue weighted by Gasteiger charge is -2.19. The molecule has 0 bridgehead atoms. The van der Waals surface area contributed by atoms with E-state index in [1.54, 1.807) is 29.2 Å². The van der Waals surface area contributed by atoms with Gasteiger partial charge in [-0.1, -0.05) is 48.5 Å². The van der Waals surface area contributed by atoms with Crippen molar-refractivity contribution in [1.29, 1.82) is 0 Å². The molecule has 0 radical (unpaired) electrons. The molecule has 3 aromatic rings. The van der Waals surface area contributed by atoms with E-state index in [-0.39, 0.29) is 18.9 Å². The standard InChI is InChI=1S/C25H24N2O5/c1-2-31-22-13-6-5-11-20(22)26-23(28)16-32-25(30)18-14-24(29)27(15-18)21-12-7-9-17-8-3-4-10-19(17)21/h3-13,18H,2,14-16H2,1H3,(H,26,28)/t18-/m0/s1. The number of para-hydroxylation sites is 2. The Balaban J connectivity index is 1.37. The Morgan fingerprint density at radius 1 is 1.03 bits per heavy atom. The highest BCUT2D eigenvalue weighted by atomic mass is 16.5. The average molecular weight is 432 g/mol. The minimum atomic E-state index is -0.620. The van der Waals surface area contributed by atoms with Gasteiger partial charge < -0.3 is 19.7 Å². The van der Waals surface area contributed by atoms with Gasteiger partial charge in [-0.25, -0.2) is 0 Å². The molecule has 0 aliphatic carbocycles. The molecule has 7 nitrogen and oxygen atoms in total. The summed E-state index contributed by atoms with van der Waals surface area (Å²) in [6.45, 7) is 2.11. The van der Waals surface area contributed by atoms with Gasteiger partial charge in [0, 0.05) is 18.4 Å². The van der Waals surface area contributed by atoms with E-state index in [2.05, 4.69) is 5.32 Å². The molecule has 0 aromatic heterocycles. The minimum Gasteiger partial charge on any atom is -0.492 e. The van der Waals surface area contributed by atoms with Gasteiger partial charge in [0.1, 0.15) is 5.75 Å². The molecule has 1 aliphatic heterocycles. The summed E-state index contributed by atoms with van der Waals surface area (Å²) in [7, 11) is 0. The third-order valence-corrected chi connectivity index (χ3v) is 5.32. The first-order chi connectivity index (χ1) is 15.6. The summed E-state index contributed by atoms with van der Waals surface area (Å²) in [6.07, 6.45) is 0.0524. The van der Waals surface area contributed by atoms with Crippen LogP contribution in [0.4, 0.5) is 11.4 Å². The fraction of sp³-hybridized carbons (Fsp3) is 0.240. The van der Waals surface area contributed by atoms with E-state index in [0.717, 1.165) is 16.5 Å². The molecule has 7 heteroatoms. The summed E-state index contributed by atoms with van der Waals surface area (Å²) >= 11 is 0. The van der Waals surface area contributed by atoms with Gasteiger partial charge in [0.2, 0.25) is 5.91 Å². The number of nitrogens with zero attached hydrogens (tertiary/aromatic N) is 1. The van der Waals surface area contributed by atoms with Crippen molar-refractivity contribution in [3.8, 4) is 5.75 Å². The molecule has 0 unspecified atom stereocenters. The van der Waals surface area contributed by atoms with Crippen LogP contribution in [0.3, 0.4) is 0 Å². The van der Waals surface area contributed by atoms with Crippen LogP contribution in [0.1, 0.15) is 13.3 Å². The Labute approximate surface area is 185 Å². The molecule has 3 aromatic carbocycles. The van der Waals surface area contributed by atoms with Crippen molar-refractivity contribution in [2.45, 2.75) is 13.3 Å². The number of hydrogen-bond acceptors (Lipinski definition) is 5. The molecule has 2 amide bonds. The SMILES string of the molecule is CCOc1ccccc1NC(=O)COC(=O)[C@H]1CC(=O)N(c2cccc3ccccc23)C1. The number of benzene rings is 3. The zero-order valence-electron chi connectivity index (χ0n) is 17.7. The quantitative estimate of drug-likeness (QED) is 0.575. The topological polar surface area (TPSA) is 84.9 Å². The molecule has 1 fully saturated rings. The first-order valence-electron chi connectivity index (χ1n) is 10.5. The van der Waals surface area contributed by atoms with Crippen molar-refractivity contribution in [1.82, 2.24) is 0 Å². The molecular formula is C25H24N2O5. The second-order valence-corrected chi connectivity index (χ2v) is 7.49. The van der Waals surface area contributed by atoms with Gasteiger partial charge in [-0.3, -0.25) is 14.4 Å². The lowest BCUT2D eigenvalue weighted by molar-refractivity contribution is -0.151. The number of ether oxygens (including phenoxy) is 2. The van der Waals surface area contributed by atoms with Gasteiger partial charge in [-0.15, -0.1) is 0 Å². The molecule has 1 N–H and O–H groups in total. The molecule has 1 atom stereocenters. The number of nitrogens with one attached hydrogen (secondary N) is 1. The first kappa shape index (κ1) is 21.4. The van der Waals surface area contributed by atoms with Gasteiger partial charge in [-0.2, -0.15) is 0 Å². The van der Waals surface area contributed by atoms with Crippen molar-refractivity contribution in [2.24, 2.45) is 5.92 Å². The van der Waals surface area contributed by atoms with E-state index in [9.17, 15) is 14.4 Å². The molecule has 1 saturated heterocycles. The summed E-state index contributed by atoms with van der Waals surface area (Å²) in [6, 6.07) is 20.6. The molecule has 1 aliphatic rings. The fourth-order valence-corrected chi connectivity index (χ4v) is 3.83. The zero-order valence-corrected chi connectivity index (χ0v) is 17.7. The van der Waals surface area contributed by atoms with Gasteiger partial charge in [0.15, 0.2) is 6.61 Å². The van der Waals surface area contributed by atoms with Crippen LogP contribution < -0.4 is 15.0 Å². The maximum Gasteiger partial charge on any atom is 0.311 e. The van der Waals surface area contributed by atoms with Gasteiger partial charge in [-0.05, 0) is 30.5 Å². The number of esters is 1. The normalized spacial score (nSPS) is 15.6. The second-order valence-electron chi connectivity index (χ2n) is 7.49. The van der Waals surface area contributed by atoms with Crippen LogP contribution in [0.5, 0.6) is 5.75 Å². The minimum absolute atomic E-state index is 0.0524. The number of carbonyl (C=O) groups is 3. The highest BCUT2D eigenvalue weighted by Crippen LogP contribution is 2.32. The Morgan fingerprint density at radius 2 is 1.78 bits per heavy atom. The maximum atomic E-state index is 12.6. The zero-order chi connectivity index (χ0) is 22.5. The van der Waals surface area contributed by atoms with E-state index in [4.69, 9.17) is 9.47 Å². The molecule has 32 heavy (non-hydrogen) atoms. The number of anilines is 2. The largest absolute Gasteiger partial charge is 0.492 e. The van der Waals surface area contributed by atoms with Crippen LogP contribution in [0.2, 0.25) is 0 Å². The van der Waals surface area contributed by atoms with Gasteiger partial charge >= 0.3 is 5.97 Å². The van der Waals surface area contributed by atoms with E-state index < -0.39 is 24.4 Å². The molecule has 0 saturated carbocycles. The summed E-state index contributed by atoms with van der Waals surface area (Å²) in [5, 5.41) is 4.66. The first-order valence-corrected chi connectivity index (χ1v) is 10.5. The molecule has 0 spiro atoms. The van der Waals surface area contributed by atoms with Crippen LogP contribution in [0, 0.1) is 5.92 Å². The van der Waals surface area contributed by atoms with Crippen molar-refractivity contribution in [3.05, 3.63) is 66.7 Å². The second kappa shape index (κ2) is 9.51. The summed E-state index contributed by atoms with van der Waals surface area (Å²) in [5.74, 6) is -1.25. The Bertz CT molecular complexity index is 1150. The summed E-state index contributed by atoms with van der Waals surface area (Å²) in [5.41, 5.74) is 1.28. The van der Waals surface area contributed by atoms with Crippen LogP contribution >= 0.6 is 0 Å². The number of rotatable bonds is 7. The predicted molar refractivity (Wildman–Crippen MR) is 122 cm³/mol. The van der Waals surface area contributed by atoms with Crippen molar-refractivity contribution in [2.75, 3.05) is 30.0 Å². The van der Waals surface area contributed by atoms with Crippen molar-refractivity contribution in [3.63, 3.8) is 0 Å². The summed E-state index contributed by atoms with van der Waals surface area (Å²) in [4.78, 5) is 39.1. The Hall–Kier alpha value is -3.87. The highest BCUT2D eigenvalue weighted by Gasteiger charge is 2.36. The van der Waals surface area contributed by atoms with Crippen molar-refractivity contribution >= 4 is 39.9 Å². The van der Waals surface area contributed by atoms with E-state index in [1.165, 1.54) is 0 Å². The molecule has 164 valence electrons. The van der Waals surface area contributed by atoms with Crippen LogP contribution in [-0.2, 0) is 19.1 Å².